The summed E-state index contributed by atoms with van der Waals surface area (Å²) >= 11 is 5.65. The van der Waals surface area contributed by atoms with Crippen LogP contribution in [0.1, 0.15) is 33.0 Å². The molecule has 16 heavy (non-hydrogen) atoms. The summed E-state index contributed by atoms with van der Waals surface area (Å²) in [5, 5.41) is 4.24. The van der Waals surface area contributed by atoms with Gasteiger partial charge in [-0.1, -0.05) is 25.5 Å². The molecule has 1 aromatic rings. The molecular weight excluding hydrogens is 222 g/mol. The molecular formula is C12H20ClN3. The topological polar surface area (TPSA) is 30.7 Å². The lowest BCUT2D eigenvalue weighted by molar-refractivity contribution is 0.468. The summed E-state index contributed by atoms with van der Waals surface area (Å²) < 4.78 is 1.99. The van der Waals surface area contributed by atoms with Crippen LogP contribution < -0.4 is 0 Å². The van der Waals surface area contributed by atoms with E-state index < -0.39 is 0 Å². The molecule has 0 aromatic carbocycles. The molecule has 1 aromatic heterocycles. The van der Waals surface area contributed by atoms with Gasteiger partial charge in [0.15, 0.2) is 0 Å². The van der Waals surface area contributed by atoms with Crippen LogP contribution in [0.3, 0.4) is 0 Å². The fraction of sp³-hybridized carbons (Fsp3) is 0.667. The highest BCUT2D eigenvalue weighted by Crippen LogP contribution is 2.08. The van der Waals surface area contributed by atoms with Gasteiger partial charge in [0, 0.05) is 18.8 Å². The number of nitrogens with zero attached hydrogens (tertiary/aromatic N) is 3. The van der Waals surface area contributed by atoms with Gasteiger partial charge >= 0.3 is 0 Å². The molecule has 0 amide bonds. The zero-order valence-electron chi connectivity index (χ0n) is 10.3. The van der Waals surface area contributed by atoms with E-state index in [1.165, 1.54) is 5.57 Å². The third-order valence-electron chi connectivity index (χ3n) is 2.27. The number of aromatic nitrogens is 3. The second kappa shape index (κ2) is 6.69. The van der Waals surface area contributed by atoms with Gasteiger partial charge in [0.2, 0.25) is 0 Å². The summed E-state index contributed by atoms with van der Waals surface area (Å²) in [6, 6.07) is 0. The van der Waals surface area contributed by atoms with E-state index in [4.69, 9.17) is 11.6 Å². The van der Waals surface area contributed by atoms with Crippen molar-refractivity contribution in [1.29, 1.82) is 0 Å². The summed E-state index contributed by atoms with van der Waals surface area (Å²) in [5.74, 6) is 2.31. The summed E-state index contributed by atoms with van der Waals surface area (Å²) in [6.45, 7) is 7.41. The Hall–Kier alpha value is -0.830. The van der Waals surface area contributed by atoms with Crippen molar-refractivity contribution in [2.24, 2.45) is 5.92 Å². The highest BCUT2D eigenvalue weighted by atomic mass is 35.5. The van der Waals surface area contributed by atoms with E-state index >= 15 is 0 Å². The molecule has 0 saturated heterocycles. The van der Waals surface area contributed by atoms with Crippen molar-refractivity contribution in [2.75, 3.05) is 5.88 Å². The molecule has 0 aliphatic heterocycles. The van der Waals surface area contributed by atoms with Gasteiger partial charge in [-0.3, -0.25) is 0 Å². The van der Waals surface area contributed by atoms with Gasteiger partial charge in [0.05, 0.1) is 0 Å². The number of halogens is 1. The zero-order chi connectivity index (χ0) is 12.0. The monoisotopic (exact) mass is 241 g/mol. The lowest BCUT2D eigenvalue weighted by Crippen LogP contribution is -2.10. The smallest absolute Gasteiger partial charge is 0.138 e. The lowest BCUT2D eigenvalue weighted by atomic mass is 10.1. The normalized spacial score (nSPS) is 12.4. The molecule has 0 atom stereocenters. The maximum Gasteiger partial charge on any atom is 0.138 e. The Balaban J connectivity index is 2.62. The first-order valence-electron chi connectivity index (χ1n) is 5.71. The first kappa shape index (κ1) is 13.2. The van der Waals surface area contributed by atoms with E-state index in [9.17, 15) is 0 Å². The molecule has 0 spiro atoms. The number of hydrogen-bond acceptors (Lipinski definition) is 2. The average Bonchev–Trinajstić information content (AvgIpc) is 2.62. The highest BCUT2D eigenvalue weighted by molar-refractivity contribution is 6.17. The van der Waals surface area contributed by atoms with Gasteiger partial charge in [-0.05, 0) is 19.3 Å². The molecule has 0 bridgehead atoms. The molecule has 4 heteroatoms. The van der Waals surface area contributed by atoms with E-state index in [0.29, 0.717) is 11.8 Å². The highest BCUT2D eigenvalue weighted by Gasteiger charge is 2.06. The van der Waals surface area contributed by atoms with Crippen molar-refractivity contribution >= 4 is 11.6 Å². The van der Waals surface area contributed by atoms with E-state index in [2.05, 4.69) is 36.9 Å². The summed E-state index contributed by atoms with van der Waals surface area (Å²) in [6.07, 6.45) is 5.59. The van der Waals surface area contributed by atoms with Gasteiger partial charge in [-0.2, -0.15) is 5.10 Å². The van der Waals surface area contributed by atoms with Gasteiger partial charge in [-0.15, -0.1) is 11.6 Å². The minimum Gasteiger partial charge on any atom is -0.250 e. The molecule has 3 nitrogen and oxygen atoms in total. The largest absolute Gasteiger partial charge is 0.250 e. The Labute approximate surface area is 103 Å². The van der Waals surface area contributed by atoms with Crippen LogP contribution in [-0.2, 0) is 13.0 Å². The number of allylic oxidation sites excluding steroid dienone is 2. The van der Waals surface area contributed by atoms with Gasteiger partial charge in [0.25, 0.3) is 0 Å². The van der Waals surface area contributed by atoms with E-state index in [1.54, 1.807) is 6.33 Å². The molecule has 1 heterocycles. The third-order valence-corrected chi connectivity index (χ3v) is 2.49. The van der Waals surface area contributed by atoms with Gasteiger partial charge < -0.3 is 0 Å². The van der Waals surface area contributed by atoms with E-state index in [1.807, 2.05) is 4.68 Å². The summed E-state index contributed by atoms with van der Waals surface area (Å²) in [7, 11) is 0. The Kier molecular flexibility index (Phi) is 5.53. The average molecular weight is 242 g/mol. The maximum atomic E-state index is 5.65. The van der Waals surface area contributed by atoms with Gasteiger partial charge in [0.1, 0.15) is 12.2 Å². The SMILES string of the molecule is CC(=CCCCl)Cc1ncnn1CC(C)C. The molecule has 1 rings (SSSR count). The molecule has 0 aliphatic carbocycles. The first-order chi connectivity index (χ1) is 7.63. The molecule has 0 fully saturated rings. The Morgan fingerprint density at radius 1 is 1.56 bits per heavy atom. The summed E-state index contributed by atoms with van der Waals surface area (Å²) in [4.78, 5) is 4.30. The summed E-state index contributed by atoms with van der Waals surface area (Å²) in [5.41, 5.74) is 1.30. The number of rotatable bonds is 6. The Morgan fingerprint density at radius 3 is 2.94 bits per heavy atom. The van der Waals surface area contributed by atoms with Crippen LogP contribution in [0, 0.1) is 5.92 Å². The fourth-order valence-corrected chi connectivity index (χ4v) is 1.66. The first-order valence-corrected chi connectivity index (χ1v) is 6.25. The predicted molar refractivity (Wildman–Crippen MR) is 67.7 cm³/mol. The molecule has 0 radical (unpaired) electrons. The van der Waals surface area contributed by atoms with Crippen LogP contribution in [0.2, 0.25) is 0 Å². The van der Waals surface area contributed by atoms with Gasteiger partial charge in [-0.25, -0.2) is 9.67 Å². The van der Waals surface area contributed by atoms with E-state index in [-0.39, 0.29) is 0 Å². The zero-order valence-corrected chi connectivity index (χ0v) is 11.0. The second-order valence-corrected chi connectivity index (χ2v) is 4.84. The van der Waals surface area contributed by atoms with Crippen LogP contribution >= 0.6 is 11.6 Å². The predicted octanol–water partition coefficient (Wildman–Crippen LogP) is 3.05. The fourth-order valence-electron chi connectivity index (χ4n) is 1.55. The Bertz CT molecular complexity index is 342. The van der Waals surface area contributed by atoms with Crippen LogP contribution in [-0.4, -0.2) is 20.6 Å². The van der Waals surface area contributed by atoms with Crippen molar-refractivity contribution < 1.29 is 0 Å². The van der Waals surface area contributed by atoms with E-state index in [0.717, 1.165) is 25.2 Å². The minimum absolute atomic E-state index is 0.590. The molecule has 0 saturated carbocycles. The molecule has 0 aliphatic rings. The number of alkyl halides is 1. The van der Waals surface area contributed by atoms with Crippen molar-refractivity contribution in [1.82, 2.24) is 14.8 Å². The standard InChI is InChI=1S/C12H20ClN3/c1-10(2)8-16-12(14-9-15-16)7-11(3)5-4-6-13/h5,9-10H,4,6-8H2,1-3H3. The van der Waals surface area contributed by atoms with Crippen LogP contribution in [0.5, 0.6) is 0 Å². The van der Waals surface area contributed by atoms with Crippen LogP contribution in [0.4, 0.5) is 0 Å². The van der Waals surface area contributed by atoms with Crippen molar-refractivity contribution in [3.05, 3.63) is 23.8 Å². The maximum absolute atomic E-state index is 5.65. The number of hydrogen-bond donors (Lipinski definition) is 0. The second-order valence-electron chi connectivity index (χ2n) is 4.46. The molecule has 90 valence electrons. The minimum atomic E-state index is 0.590. The third kappa shape index (κ3) is 4.35. The molecule has 0 unspecified atom stereocenters. The van der Waals surface area contributed by atoms with Crippen molar-refractivity contribution in [3.63, 3.8) is 0 Å². The molecule has 0 N–H and O–H groups in total. The van der Waals surface area contributed by atoms with Crippen molar-refractivity contribution in [2.45, 2.75) is 40.2 Å². The van der Waals surface area contributed by atoms with Crippen LogP contribution in [0.15, 0.2) is 18.0 Å². The Morgan fingerprint density at radius 2 is 2.31 bits per heavy atom. The lowest BCUT2D eigenvalue weighted by Gasteiger charge is -2.08. The van der Waals surface area contributed by atoms with Crippen molar-refractivity contribution in [3.8, 4) is 0 Å². The quantitative estimate of drug-likeness (QED) is 0.566. The van der Waals surface area contributed by atoms with Crippen LogP contribution in [0.25, 0.3) is 0 Å².